The molecule has 4 nitrogen and oxygen atoms in total. The molecule has 0 aliphatic heterocycles. The normalized spacial score (nSPS) is 16.7. The minimum atomic E-state index is 0.546. The monoisotopic (exact) mass is 167 g/mol. The van der Waals surface area contributed by atoms with Gasteiger partial charge in [-0.15, -0.1) is 0 Å². The number of nitrogens with zero attached hydrogens (tertiary/aromatic N) is 2. The van der Waals surface area contributed by atoms with E-state index in [0.717, 1.165) is 12.5 Å². The maximum atomic E-state index is 5.43. The maximum Gasteiger partial charge on any atom is 0.141 e. The topological polar surface area (TPSA) is 53.1 Å². The molecule has 0 unspecified atom stereocenters. The molecule has 0 radical (unpaired) electrons. The molecule has 0 amide bonds. The van der Waals surface area contributed by atoms with Gasteiger partial charge >= 0.3 is 0 Å². The van der Waals surface area contributed by atoms with Gasteiger partial charge in [-0.3, -0.25) is 0 Å². The SMILES string of the molecule is Nc1cn(COCC2CC2)cn1. The van der Waals surface area contributed by atoms with E-state index in [1.54, 1.807) is 12.5 Å². The van der Waals surface area contributed by atoms with E-state index in [9.17, 15) is 0 Å². The third kappa shape index (κ3) is 1.98. The van der Waals surface area contributed by atoms with Crippen LogP contribution in [0.1, 0.15) is 12.8 Å². The van der Waals surface area contributed by atoms with Gasteiger partial charge in [-0.05, 0) is 18.8 Å². The van der Waals surface area contributed by atoms with Crippen molar-refractivity contribution in [2.45, 2.75) is 19.6 Å². The fraction of sp³-hybridized carbons (Fsp3) is 0.625. The maximum absolute atomic E-state index is 5.43. The molecule has 0 atom stereocenters. The van der Waals surface area contributed by atoms with Crippen molar-refractivity contribution >= 4 is 5.82 Å². The highest BCUT2D eigenvalue weighted by molar-refractivity contribution is 5.22. The summed E-state index contributed by atoms with van der Waals surface area (Å²) < 4.78 is 7.27. The molecule has 2 rings (SSSR count). The highest BCUT2D eigenvalue weighted by Gasteiger charge is 2.20. The fourth-order valence-electron chi connectivity index (χ4n) is 1.06. The summed E-state index contributed by atoms with van der Waals surface area (Å²) in [5.74, 6) is 1.36. The second kappa shape index (κ2) is 3.15. The molecule has 1 aromatic heterocycles. The molecule has 2 N–H and O–H groups in total. The summed E-state index contributed by atoms with van der Waals surface area (Å²) in [6.45, 7) is 1.44. The number of ether oxygens (including phenoxy) is 1. The van der Waals surface area contributed by atoms with Crippen LogP contribution in [0.4, 0.5) is 5.82 Å². The van der Waals surface area contributed by atoms with E-state index in [1.165, 1.54) is 12.8 Å². The van der Waals surface area contributed by atoms with Gasteiger partial charge in [-0.25, -0.2) is 4.98 Å². The average Bonchev–Trinajstić information content (AvgIpc) is 2.76. The molecule has 0 saturated heterocycles. The molecule has 1 saturated carbocycles. The first-order valence-electron chi connectivity index (χ1n) is 4.19. The predicted octanol–water partition coefficient (Wildman–Crippen LogP) is 0.849. The van der Waals surface area contributed by atoms with Crippen LogP contribution in [0.3, 0.4) is 0 Å². The number of hydrogen-bond donors (Lipinski definition) is 1. The van der Waals surface area contributed by atoms with Gasteiger partial charge in [-0.2, -0.15) is 0 Å². The van der Waals surface area contributed by atoms with Gasteiger partial charge in [-0.1, -0.05) is 0 Å². The van der Waals surface area contributed by atoms with Crippen LogP contribution in [0.5, 0.6) is 0 Å². The molecule has 12 heavy (non-hydrogen) atoms. The lowest BCUT2D eigenvalue weighted by molar-refractivity contribution is 0.0690. The number of aromatic nitrogens is 2. The molecular weight excluding hydrogens is 154 g/mol. The number of hydrogen-bond acceptors (Lipinski definition) is 3. The Kier molecular flexibility index (Phi) is 1.99. The van der Waals surface area contributed by atoms with Crippen molar-refractivity contribution in [3.05, 3.63) is 12.5 Å². The van der Waals surface area contributed by atoms with Gasteiger partial charge in [0.1, 0.15) is 12.5 Å². The number of nitrogens with two attached hydrogens (primary N) is 1. The van der Waals surface area contributed by atoms with Crippen LogP contribution in [0.15, 0.2) is 12.5 Å². The van der Waals surface area contributed by atoms with Crippen LogP contribution in [0.25, 0.3) is 0 Å². The highest BCUT2D eigenvalue weighted by atomic mass is 16.5. The zero-order valence-corrected chi connectivity index (χ0v) is 6.94. The minimum Gasteiger partial charge on any atom is -0.382 e. The van der Waals surface area contributed by atoms with Crippen LogP contribution in [-0.2, 0) is 11.5 Å². The lowest BCUT2D eigenvalue weighted by Gasteiger charge is -2.02. The zero-order chi connectivity index (χ0) is 8.39. The van der Waals surface area contributed by atoms with Gasteiger partial charge in [0.15, 0.2) is 0 Å². The quantitative estimate of drug-likeness (QED) is 0.723. The van der Waals surface area contributed by atoms with E-state index >= 15 is 0 Å². The second-order valence-corrected chi connectivity index (χ2v) is 3.26. The molecule has 1 aliphatic carbocycles. The van der Waals surface area contributed by atoms with Crippen molar-refractivity contribution in [2.75, 3.05) is 12.3 Å². The number of imidazole rings is 1. The van der Waals surface area contributed by atoms with Crippen LogP contribution in [0.2, 0.25) is 0 Å². The molecule has 66 valence electrons. The molecule has 0 spiro atoms. The number of rotatable bonds is 4. The number of anilines is 1. The molecule has 1 fully saturated rings. The van der Waals surface area contributed by atoms with Crippen molar-refractivity contribution in [3.63, 3.8) is 0 Å². The Labute approximate surface area is 71.3 Å². The predicted molar refractivity (Wildman–Crippen MR) is 45.3 cm³/mol. The van der Waals surface area contributed by atoms with Gasteiger partial charge < -0.3 is 15.0 Å². The van der Waals surface area contributed by atoms with Gasteiger partial charge in [0, 0.05) is 6.20 Å². The van der Waals surface area contributed by atoms with Crippen molar-refractivity contribution < 1.29 is 4.74 Å². The first-order valence-corrected chi connectivity index (χ1v) is 4.19. The van der Waals surface area contributed by atoms with Crippen LogP contribution in [0, 0.1) is 5.92 Å². The lowest BCUT2D eigenvalue weighted by atomic mass is 10.5. The van der Waals surface area contributed by atoms with Crippen molar-refractivity contribution in [2.24, 2.45) is 5.92 Å². The van der Waals surface area contributed by atoms with E-state index in [0.29, 0.717) is 12.5 Å². The summed E-state index contributed by atoms with van der Waals surface area (Å²) in [6.07, 6.45) is 6.10. The summed E-state index contributed by atoms with van der Waals surface area (Å²) >= 11 is 0. The first-order chi connectivity index (χ1) is 5.84. The lowest BCUT2D eigenvalue weighted by Crippen LogP contribution is -2.02. The summed E-state index contributed by atoms with van der Waals surface area (Å²) in [4.78, 5) is 3.89. The molecule has 4 heteroatoms. The molecule has 0 aromatic carbocycles. The minimum absolute atomic E-state index is 0.546. The van der Waals surface area contributed by atoms with E-state index < -0.39 is 0 Å². The van der Waals surface area contributed by atoms with Gasteiger partial charge in [0.25, 0.3) is 0 Å². The third-order valence-electron chi connectivity index (χ3n) is 1.94. The largest absolute Gasteiger partial charge is 0.382 e. The summed E-state index contributed by atoms with van der Waals surface area (Å²) in [7, 11) is 0. The van der Waals surface area contributed by atoms with E-state index in [2.05, 4.69) is 4.98 Å². The smallest absolute Gasteiger partial charge is 0.141 e. The Morgan fingerprint density at radius 3 is 3.08 bits per heavy atom. The average molecular weight is 167 g/mol. The molecule has 1 aromatic rings. The summed E-state index contributed by atoms with van der Waals surface area (Å²) in [5, 5.41) is 0. The Morgan fingerprint density at radius 1 is 1.67 bits per heavy atom. The Bertz CT molecular complexity index is 255. The fourth-order valence-corrected chi connectivity index (χ4v) is 1.06. The molecule has 1 heterocycles. The molecular formula is C8H13N3O. The standard InChI is InChI=1S/C8H13N3O/c9-8-3-11(5-10-8)6-12-4-7-1-2-7/h3,5,7H,1-2,4,6,9H2. The Balaban J connectivity index is 1.71. The van der Waals surface area contributed by atoms with E-state index in [4.69, 9.17) is 10.5 Å². The van der Waals surface area contributed by atoms with E-state index in [1.807, 2.05) is 4.57 Å². The Morgan fingerprint density at radius 2 is 2.50 bits per heavy atom. The number of nitrogen functional groups attached to an aromatic ring is 1. The van der Waals surface area contributed by atoms with Crippen LogP contribution in [-0.4, -0.2) is 16.2 Å². The van der Waals surface area contributed by atoms with Crippen molar-refractivity contribution in [1.29, 1.82) is 0 Å². The van der Waals surface area contributed by atoms with Crippen LogP contribution >= 0.6 is 0 Å². The van der Waals surface area contributed by atoms with Gasteiger partial charge in [0.05, 0.1) is 12.9 Å². The Hall–Kier alpha value is -1.03. The third-order valence-corrected chi connectivity index (χ3v) is 1.94. The van der Waals surface area contributed by atoms with Crippen molar-refractivity contribution in [1.82, 2.24) is 9.55 Å². The van der Waals surface area contributed by atoms with E-state index in [-0.39, 0.29) is 0 Å². The summed E-state index contributed by atoms with van der Waals surface area (Å²) in [6, 6.07) is 0. The second-order valence-electron chi connectivity index (χ2n) is 3.26. The summed E-state index contributed by atoms with van der Waals surface area (Å²) in [5.41, 5.74) is 5.43. The van der Waals surface area contributed by atoms with Gasteiger partial charge in [0.2, 0.25) is 0 Å². The molecule has 0 bridgehead atoms. The van der Waals surface area contributed by atoms with Crippen LogP contribution < -0.4 is 5.73 Å². The zero-order valence-electron chi connectivity index (χ0n) is 6.94. The first kappa shape index (κ1) is 7.61. The molecule has 1 aliphatic rings. The highest BCUT2D eigenvalue weighted by Crippen LogP contribution is 2.28. The van der Waals surface area contributed by atoms with Crippen molar-refractivity contribution in [3.8, 4) is 0 Å².